The minimum absolute atomic E-state index is 0.0247. The first kappa shape index (κ1) is 17.2. The Bertz CT molecular complexity index is 908. The lowest BCUT2D eigenvalue weighted by Gasteiger charge is -2.07. The number of carbonyl (C=O) groups is 1. The summed E-state index contributed by atoms with van der Waals surface area (Å²) in [4.78, 5) is 12.2. The number of phenols is 1. The van der Waals surface area contributed by atoms with Gasteiger partial charge in [-0.2, -0.15) is 0 Å². The summed E-state index contributed by atoms with van der Waals surface area (Å²) in [6, 6.07) is 14.5. The second-order valence-corrected chi connectivity index (χ2v) is 5.94. The topological polar surface area (TPSA) is 71.7 Å². The van der Waals surface area contributed by atoms with Gasteiger partial charge in [-0.05, 0) is 42.5 Å². The third-order valence-electron chi connectivity index (χ3n) is 3.30. The fraction of sp³-hybridized carbons (Fsp3) is 0.0556. The quantitative estimate of drug-likeness (QED) is 0.605. The van der Waals surface area contributed by atoms with Crippen molar-refractivity contribution >= 4 is 34.8 Å². The third-order valence-corrected chi connectivity index (χ3v) is 3.83. The highest BCUT2D eigenvalue weighted by molar-refractivity contribution is 6.35. The van der Waals surface area contributed by atoms with Crippen LogP contribution in [-0.4, -0.2) is 11.0 Å². The highest BCUT2D eigenvalue weighted by atomic mass is 35.5. The second kappa shape index (κ2) is 7.51. The average Bonchev–Trinajstić information content (AvgIpc) is 3.05. The summed E-state index contributed by atoms with van der Waals surface area (Å²) in [6.07, 6.45) is 0. The molecule has 128 valence electrons. The summed E-state index contributed by atoms with van der Waals surface area (Å²) in [5.41, 5.74) is 0.301. The van der Waals surface area contributed by atoms with Crippen LogP contribution < -0.4 is 10.1 Å². The number of furan rings is 1. The molecule has 0 aliphatic rings. The molecule has 1 amide bonds. The Morgan fingerprint density at radius 1 is 1.12 bits per heavy atom. The van der Waals surface area contributed by atoms with E-state index in [4.69, 9.17) is 32.4 Å². The van der Waals surface area contributed by atoms with Gasteiger partial charge >= 0.3 is 0 Å². The molecule has 1 aromatic heterocycles. The van der Waals surface area contributed by atoms with E-state index in [0.717, 1.165) is 0 Å². The van der Waals surface area contributed by atoms with Gasteiger partial charge in [0.15, 0.2) is 5.76 Å². The molecule has 0 saturated carbocycles. The van der Waals surface area contributed by atoms with Crippen molar-refractivity contribution in [3.8, 4) is 11.5 Å². The van der Waals surface area contributed by atoms with Gasteiger partial charge in [0.25, 0.3) is 5.91 Å². The Morgan fingerprint density at radius 3 is 2.68 bits per heavy atom. The van der Waals surface area contributed by atoms with Crippen LogP contribution in [0.2, 0.25) is 10.0 Å². The van der Waals surface area contributed by atoms with E-state index in [1.165, 1.54) is 12.1 Å². The summed E-state index contributed by atoms with van der Waals surface area (Å²) in [6.45, 7) is 0.102. The maximum atomic E-state index is 12.2. The number of benzene rings is 2. The monoisotopic (exact) mass is 377 g/mol. The molecule has 2 aromatic carbocycles. The van der Waals surface area contributed by atoms with E-state index in [9.17, 15) is 9.90 Å². The molecule has 0 aliphatic heterocycles. The normalized spacial score (nSPS) is 10.5. The summed E-state index contributed by atoms with van der Waals surface area (Å²) in [5, 5.41) is 13.1. The van der Waals surface area contributed by atoms with Crippen LogP contribution in [-0.2, 0) is 6.61 Å². The molecule has 1 heterocycles. The number of phenolic OH excluding ortho intramolecular Hbond substituents is 1. The van der Waals surface area contributed by atoms with Crippen LogP contribution in [0, 0.1) is 0 Å². The maximum Gasteiger partial charge on any atom is 0.291 e. The van der Waals surface area contributed by atoms with E-state index in [2.05, 4.69) is 5.32 Å². The van der Waals surface area contributed by atoms with Crippen LogP contribution in [0.1, 0.15) is 16.3 Å². The first-order valence-corrected chi connectivity index (χ1v) is 8.04. The first-order valence-electron chi connectivity index (χ1n) is 7.29. The zero-order valence-electron chi connectivity index (χ0n) is 12.8. The third kappa shape index (κ3) is 4.26. The van der Waals surface area contributed by atoms with Gasteiger partial charge in [0.1, 0.15) is 23.9 Å². The fourth-order valence-electron chi connectivity index (χ4n) is 2.08. The molecule has 7 heteroatoms. The second-order valence-electron chi connectivity index (χ2n) is 5.10. The lowest BCUT2D eigenvalue weighted by Crippen LogP contribution is -2.10. The van der Waals surface area contributed by atoms with Crippen LogP contribution in [0.15, 0.2) is 59.0 Å². The minimum atomic E-state index is -0.475. The van der Waals surface area contributed by atoms with Crippen LogP contribution in [0.3, 0.4) is 0 Å². The number of rotatable bonds is 5. The number of amides is 1. The Morgan fingerprint density at radius 2 is 1.92 bits per heavy atom. The number of aromatic hydroxyl groups is 1. The Labute approximate surface area is 153 Å². The number of para-hydroxylation sites is 2. The molecule has 3 rings (SSSR count). The SMILES string of the molecule is O=C(Nc1ccccc1O)c1ccc(COc2ccc(Cl)cc2Cl)o1. The first-order chi connectivity index (χ1) is 12.0. The Kier molecular flexibility index (Phi) is 5.16. The van der Waals surface area contributed by atoms with Crippen LogP contribution in [0.5, 0.6) is 11.5 Å². The number of nitrogens with one attached hydrogen (secondary N) is 1. The largest absolute Gasteiger partial charge is 0.506 e. The number of hydrogen-bond donors (Lipinski definition) is 2. The predicted octanol–water partition coefficient (Wildman–Crippen LogP) is 5.12. The predicted molar refractivity (Wildman–Crippen MR) is 95.6 cm³/mol. The van der Waals surface area contributed by atoms with E-state index < -0.39 is 5.91 Å². The molecule has 25 heavy (non-hydrogen) atoms. The molecule has 3 aromatic rings. The van der Waals surface area contributed by atoms with Gasteiger partial charge in [0, 0.05) is 5.02 Å². The molecule has 0 atom stereocenters. The van der Waals surface area contributed by atoms with Crippen molar-refractivity contribution < 1.29 is 19.1 Å². The lowest BCUT2D eigenvalue weighted by atomic mass is 10.3. The van der Waals surface area contributed by atoms with Crippen LogP contribution in [0.4, 0.5) is 5.69 Å². The summed E-state index contributed by atoms with van der Waals surface area (Å²) in [7, 11) is 0. The van der Waals surface area contributed by atoms with E-state index >= 15 is 0 Å². The lowest BCUT2D eigenvalue weighted by molar-refractivity contribution is 0.0992. The number of hydrogen-bond acceptors (Lipinski definition) is 4. The Balaban J connectivity index is 1.64. The van der Waals surface area contributed by atoms with Crippen molar-refractivity contribution in [2.24, 2.45) is 0 Å². The summed E-state index contributed by atoms with van der Waals surface area (Å²) >= 11 is 11.9. The summed E-state index contributed by atoms with van der Waals surface area (Å²) in [5.74, 6) is 0.515. The standard InChI is InChI=1S/C18H13Cl2NO4/c19-11-5-7-16(13(20)9-11)24-10-12-6-8-17(25-12)18(23)21-14-3-1-2-4-15(14)22/h1-9,22H,10H2,(H,21,23). The number of anilines is 1. The van der Waals surface area contributed by atoms with Gasteiger partial charge in [-0.15, -0.1) is 0 Å². The van der Waals surface area contributed by atoms with Gasteiger partial charge in [-0.25, -0.2) is 0 Å². The van der Waals surface area contributed by atoms with E-state index in [1.54, 1.807) is 42.5 Å². The smallest absolute Gasteiger partial charge is 0.291 e. The zero-order valence-corrected chi connectivity index (χ0v) is 14.3. The molecular formula is C18H13Cl2NO4. The number of halogens is 2. The highest BCUT2D eigenvalue weighted by Gasteiger charge is 2.13. The molecule has 5 nitrogen and oxygen atoms in total. The van der Waals surface area contributed by atoms with E-state index in [1.807, 2.05) is 0 Å². The van der Waals surface area contributed by atoms with E-state index in [-0.39, 0.29) is 18.1 Å². The molecule has 2 N–H and O–H groups in total. The van der Waals surface area contributed by atoms with Gasteiger partial charge in [-0.1, -0.05) is 35.3 Å². The van der Waals surface area contributed by atoms with Crippen molar-refractivity contribution in [1.82, 2.24) is 0 Å². The molecule has 0 unspecified atom stereocenters. The van der Waals surface area contributed by atoms with E-state index in [0.29, 0.717) is 27.2 Å². The molecule has 0 fully saturated rings. The van der Waals surface area contributed by atoms with Crippen molar-refractivity contribution in [2.75, 3.05) is 5.32 Å². The van der Waals surface area contributed by atoms with Gasteiger partial charge < -0.3 is 19.6 Å². The van der Waals surface area contributed by atoms with Crippen LogP contribution in [0.25, 0.3) is 0 Å². The summed E-state index contributed by atoms with van der Waals surface area (Å²) < 4.78 is 11.0. The number of carbonyl (C=O) groups excluding carboxylic acids is 1. The van der Waals surface area contributed by atoms with Crippen molar-refractivity contribution in [1.29, 1.82) is 0 Å². The fourth-order valence-corrected chi connectivity index (χ4v) is 2.54. The number of ether oxygens (including phenoxy) is 1. The molecule has 0 aliphatic carbocycles. The van der Waals surface area contributed by atoms with Gasteiger partial charge in [-0.3, -0.25) is 4.79 Å². The van der Waals surface area contributed by atoms with Crippen molar-refractivity contribution in [3.05, 3.63) is 76.2 Å². The van der Waals surface area contributed by atoms with Crippen molar-refractivity contribution in [3.63, 3.8) is 0 Å². The van der Waals surface area contributed by atoms with Crippen LogP contribution >= 0.6 is 23.2 Å². The molecule has 0 radical (unpaired) electrons. The molecule has 0 bridgehead atoms. The van der Waals surface area contributed by atoms with Gasteiger partial charge in [0.05, 0.1) is 10.7 Å². The molecule has 0 saturated heterocycles. The van der Waals surface area contributed by atoms with Gasteiger partial charge in [0.2, 0.25) is 0 Å². The minimum Gasteiger partial charge on any atom is -0.506 e. The highest BCUT2D eigenvalue weighted by Crippen LogP contribution is 2.28. The maximum absolute atomic E-state index is 12.2. The molecular weight excluding hydrogens is 365 g/mol. The zero-order chi connectivity index (χ0) is 17.8. The Hall–Kier alpha value is -2.63. The van der Waals surface area contributed by atoms with Crippen molar-refractivity contribution in [2.45, 2.75) is 6.61 Å². The average molecular weight is 378 g/mol. The molecule has 0 spiro atoms.